The number of fused-ring (bicyclic) bond motifs is 1. The molecule has 36 heavy (non-hydrogen) atoms. The van der Waals surface area contributed by atoms with Crippen molar-refractivity contribution in [2.24, 2.45) is 5.92 Å². The largest absolute Gasteiger partial charge is 0.489 e. The maximum Gasteiger partial charge on any atom is 0.243 e. The minimum absolute atomic E-state index is 0.0855. The first kappa shape index (κ1) is 25.0. The number of H-pyrrole nitrogens is 1. The summed E-state index contributed by atoms with van der Waals surface area (Å²) < 4.78 is 35.2. The number of sulfonamides is 1. The van der Waals surface area contributed by atoms with E-state index in [0.717, 1.165) is 30.8 Å². The van der Waals surface area contributed by atoms with Crippen molar-refractivity contribution in [1.29, 1.82) is 0 Å². The topological polar surface area (TPSA) is 121 Å². The number of ether oxygens (including phenoxy) is 1. The van der Waals surface area contributed by atoms with Crippen molar-refractivity contribution in [3.05, 3.63) is 24.7 Å². The smallest absolute Gasteiger partial charge is 0.243 e. The van der Waals surface area contributed by atoms with Gasteiger partial charge in [0.1, 0.15) is 0 Å². The first-order chi connectivity index (χ1) is 17.4. The number of hydrogen-bond acceptors (Lipinski definition) is 8. The van der Waals surface area contributed by atoms with Crippen LogP contribution in [0.4, 0.5) is 5.95 Å². The summed E-state index contributed by atoms with van der Waals surface area (Å²) in [5, 5.41) is 14.9. The number of hydrogen-bond donors (Lipinski definition) is 2. The van der Waals surface area contributed by atoms with Gasteiger partial charge in [0.2, 0.25) is 16.0 Å². The van der Waals surface area contributed by atoms with Gasteiger partial charge >= 0.3 is 0 Å². The Morgan fingerprint density at radius 3 is 2.81 bits per heavy atom. The van der Waals surface area contributed by atoms with Crippen LogP contribution in [0.5, 0.6) is 5.75 Å². The highest BCUT2D eigenvalue weighted by Gasteiger charge is 2.33. The van der Waals surface area contributed by atoms with Crippen LogP contribution in [0, 0.1) is 5.92 Å². The SMILES string of the molecule is CCOc1c(-c2cn[nH]c2)ccn2nc(N[C@H]3CCN(S(=O)(=O)CCCN4CCCC4)C[C@H]3C)nc12. The standard InChI is InChI=1S/C24H36N8O3S/c1-3-35-22-20(19-15-25-26-16-19)7-13-32-23(22)28-24(29-32)27-21-8-12-31(17-18(21)2)36(33,34)14-6-11-30-9-4-5-10-30/h7,13,15-16,18,21H,3-6,8-12,14,17H2,1-2H3,(H,25,26)(H,27,29)/t18-,21+/m1/s1. The van der Waals surface area contributed by atoms with E-state index in [2.05, 4.69) is 32.4 Å². The van der Waals surface area contributed by atoms with Gasteiger partial charge < -0.3 is 15.0 Å². The minimum Gasteiger partial charge on any atom is -0.489 e. The number of pyridine rings is 1. The first-order valence-electron chi connectivity index (χ1n) is 12.9. The fourth-order valence-corrected chi connectivity index (χ4v) is 6.84. The molecule has 5 heterocycles. The predicted molar refractivity (Wildman–Crippen MR) is 139 cm³/mol. The third kappa shape index (κ3) is 5.35. The van der Waals surface area contributed by atoms with Crippen LogP contribution >= 0.6 is 0 Å². The molecule has 3 aromatic rings. The third-order valence-corrected chi connectivity index (χ3v) is 9.13. The number of anilines is 1. The van der Waals surface area contributed by atoms with Gasteiger partial charge in [-0.25, -0.2) is 17.2 Å². The Balaban J connectivity index is 1.23. The van der Waals surface area contributed by atoms with Crippen molar-refractivity contribution < 1.29 is 13.2 Å². The van der Waals surface area contributed by atoms with E-state index in [4.69, 9.17) is 9.72 Å². The normalized spacial score (nSPS) is 21.8. The highest BCUT2D eigenvalue weighted by atomic mass is 32.2. The lowest BCUT2D eigenvalue weighted by Crippen LogP contribution is -2.48. The lowest BCUT2D eigenvalue weighted by atomic mass is 9.95. The molecular weight excluding hydrogens is 480 g/mol. The lowest BCUT2D eigenvalue weighted by Gasteiger charge is -2.36. The summed E-state index contributed by atoms with van der Waals surface area (Å²) in [7, 11) is -3.24. The molecule has 0 unspecified atom stereocenters. The van der Waals surface area contributed by atoms with Crippen LogP contribution < -0.4 is 10.1 Å². The number of aromatic nitrogens is 5. The Morgan fingerprint density at radius 2 is 2.08 bits per heavy atom. The second-order valence-corrected chi connectivity index (χ2v) is 11.9. The summed E-state index contributed by atoms with van der Waals surface area (Å²) >= 11 is 0. The maximum absolute atomic E-state index is 13.0. The van der Waals surface area contributed by atoms with E-state index in [9.17, 15) is 8.42 Å². The van der Waals surface area contributed by atoms with E-state index in [-0.39, 0.29) is 17.7 Å². The molecule has 2 fully saturated rings. The molecular formula is C24H36N8O3S. The van der Waals surface area contributed by atoms with Gasteiger partial charge in [-0.3, -0.25) is 5.10 Å². The van der Waals surface area contributed by atoms with Gasteiger partial charge in [0.25, 0.3) is 0 Å². The zero-order valence-electron chi connectivity index (χ0n) is 21.1. The molecule has 11 nitrogen and oxygen atoms in total. The van der Waals surface area contributed by atoms with Gasteiger partial charge in [-0.15, -0.1) is 5.10 Å². The van der Waals surface area contributed by atoms with Crippen molar-refractivity contribution >= 4 is 21.6 Å². The molecule has 3 aromatic heterocycles. The first-order valence-corrected chi connectivity index (χ1v) is 14.5. The molecule has 0 aromatic carbocycles. The Bertz CT molecular complexity index is 1250. The number of likely N-dealkylation sites (tertiary alicyclic amines) is 1. The predicted octanol–water partition coefficient (Wildman–Crippen LogP) is 2.46. The summed E-state index contributed by atoms with van der Waals surface area (Å²) in [5.41, 5.74) is 2.44. The van der Waals surface area contributed by atoms with E-state index in [1.54, 1.807) is 15.0 Å². The summed E-state index contributed by atoms with van der Waals surface area (Å²) in [6.07, 6.45) is 9.29. The van der Waals surface area contributed by atoms with Gasteiger partial charge in [-0.1, -0.05) is 6.92 Å². The Kier molecular flexibility index (Phi) is 7.44. The van der Waals surface area contributed by atoms with Crippen LogP contribution in [0.25, 0.3) is 16.8 Å². The fourth-order valence-electron chi connectivity index (χ4n) is 5.24. The average Bonchev–Trinajstić information content (AvgIpc) is 3.63. The van der Waals surface area contributed by atoms with Crippen molar-refractivity contribution in [3.63, 3.8) is 0 Å². The van der Waals surface area contributed by atoms with E-state index in [1.165, 1.54) is 12.8 Å². The van der Waals surface area contributed by atoms with Gasteiger partial charge in [0.15, 0.2) is 11.4 Å². The van der Waals surface area contributed by atoms with Gasteiger partial charge in [-0.05, 0) is 64.2 Å². The molecule has 2 N–H and O–H groups in total. The number of aromatic amines is 1. The molecule has 2 aliphatic rings. The van der Waals surface area contributed by atoms with Crippen LogP contribution in [0.3, 0.4) is 0 Å². The summed E-state index contributed by atoms with van der Waals surface area (Å²) in [5.74, 6) is 1.53. The molecule has 0 saturated carbocycles. The number of piperidine rings is 1. The molecule has 0 amide bonds. The molecule has 2 saturated heterocycles. The molecule has 12 heteroatoms. The zero-order valence-corrected chi connectivity index (χ0v) is 21.9. The molecule has 0 spiro atoms. The molecule has 0 bridgehead atoms. The molecule has 5 rings (SSSR count). The zero-order chi connectivity index (χ0) is 25.1. The average molecular weight is 517 g/mol. The Labute approximate surface area is 212 Å². The van der Waals surface area contributed by atoms with E-state index >= 15 is 0 Å². The van der Waals surface area contributed by atoms with Gasteiger partial charge in [0.05, 0.1) is 18.6 Å². The molecule has 2 aliphatic heterocycles. The summed E-state index contributed by atoms with van der Waals surface area (Å²) in [6, 6.07) is 2.03. The van der Waals surface area contributed by atoms with Crippen molar-refractivity contribution in [2.75, 3.05) is 50.4 Å². The van der Waals surface area contributed by atoms with Crippen LogP contribution in [0.1, 0.15) is 39.5 Å². The fraction of sp³-hybridized carbons (Fsp3) is 0.625. The lowest BCUT2D eigenvalue weighted by molar-refractivity contribution is 0.259. The van der Waals surface area contributed by atoms with Crippen molar-refractivity contribution in [2.45, 2.75) is 45.6 Å². The highest BCUT2D eigenvalue weighted by Crippen LogP contribution is 2.33. The van der Waals surface area contributed by atoms with E-state index < -0.39 is 10.0 Å². The van der Waals surface area contributed by atoms with Crippen molar-refractivity contribution in [3.8, 4) is 16.9 Å². The van der Waals surface area contributed by atoms with Gasteiger partial charge in [-0.2, -0.15) is 10.1 Å². The van der Waals surface area contributed by atoms with Gasteiger partial charge in [0, 0.05) is 42.7 Å². The summed E-state index contributed by atoms with van der Waals surface area (Å²) in [6.45, 7) is 8.61. The Hall–Kier alpha value is -2.70. The maximum atomic E-state index is 13.0. The second-order valence-electron chi connectivity index (χ2n) is 9.78. The molecule has 0 aliphatic carbocycles. The van der Waals surface area contributed by atoms with E-state index in [1.807, 2.05) is 25.4 Å². The molecule has 196 valence electrons. The van der Waals surface area contributed by atoms with E-state index in [0.29, 0.717) is 49.9 Å². The van der Waals surface area contributed by atoms with Crippen molar-refractivity contribution in [1.82, 2.24) is 34.0 Å². The second kappa shape index (κ2) is 10.7. The summed E-state index contributed by atoms with van der Waals surface area (Å²) in [4.78, 5) is 7.09. The van der Waals surface area contributed by atoms with Crippen LogP contribution in [-0.2, 0) is 10.0 Å². The number of nitrogens with zero attached hydrogens (tertiary/aromatic N) is 6. The number of rotatable bonds is 10. The number of nitrogens with one attached hydrogen (secondary N) is 2. The highest BCUT2D eigenvalue weighted by molar-refractivity contribution is 7.89. The Morgan fingerprint density at radius 1 is 1.25 bits per heavy atom. The van der Waals surface area contributed by atoms with Crippen LogP contribution in [0.2, 0.25) is 0 Å². The third-order valence-electron chi connectivity index (χ3n) is 7.21. The van der Waals surface area contributed by atoms with Crippen LogP contribution in [0.15, 0.2) is 24.7 Å². The quantitative estimate of drug-likeness (QED) is 0.422. The monoisotopic (exact) mass is 516 g/mol. The van der Waals surface area contributed by atoms with Crippen LogP contribution in [-0.4, -0.2) is 93.5 Å². The molecule has 2 atom stereocenters. The minimum atomic E-state index is -3.24. The molecule has 0 radical (unpaired) electrons.